The quantitative estimate of drug-likeness (QED) is 0.586. The first-order chi connectivity index (χ1) is 3.35. The van der Waals surface area contributed by atoms with Gasteiger partial charge in [0.15, 0.2) is 0 Å². The van der Waals surface area contributed by atoms with Crippen LogP contribution in [0.5, 0.6) is 0 Å². The van der Waals surface area contributed by atoms with Crippen LogP contribution in [0.3, 0.4) is 0 Å². The van der Waals surface area contributed by atoms with Gasteiger partial charge in [0, 0.05) is 28.3 Å². The fourth-order valence-electron chi connectivity index (χ4n) is 0.750. The van der Waals surface area contributed by atoms with E-state index in [1.54, 1.807) is 0 Å². The largest absolute Gasteiger partial charge is 0.0680 e. The van der Waals surface area contributed by atoms with E-state index < -0.39 is 0 Å². The molecule has 0 bridgehead atoms. The van der Waals surface area contributed by atoms with E-state index in [0.29, 0.717) is 0 Å². The summed E-state index contributed by atoms with van der Waals surface area (Å²) in [7, 11) is 0.137. The molecule has 0 aromatic heterocycles. The van der Waals surface area contributed by atoms with Crippen molar-refractivity contribution in [3.05, 3.63) is 0 Å². The van der Waals surface area contributed by atoms with E-state index in [1.165, 1.54) is 18.1 Å². The van der Waals surface area contributed by atoms with Gasteiger partial charge in [-0.05, 0) is 0 Å². The van der Waals surface area contributed by atoms with E-state index in [2.05, 4.69) is 20.8 Å². The Morgan fingerprint density at radius 1 is 0.875 bits per heavy atom. The Morgan fingerprint density at radius 3 is 1.12 bits per heavy atom. The van der Waals surface area contributed by atoms with Crippen LogP contribution in [-0.4, -0.2) is 8.80 Å². The predicted molar refractivity (Wildman–Crippen MR) is 37.2 cm³/mol. The second kappa shape index (κ2) is 7.84. The van der Waals surface area contributed by atoms with E-state index in [1.807, 2.05) is 0 Å². The van der Waals surface area contributed by atoms with Gasteiger partial charge < -0.3 is 0 Å². The first-order valence-electron chi connectivity index (χ1n) is 3.18. The van der Waals surface area contributed by atoms with Gasteiger partial charge in [-0.25, -0.2) is 0 Å². The van der Waals surface area contributed by atoms with Crippen LogP contribution >= 0.6 is 0 Å². The minimum atomic E-state index is 0. The Balaban J connectivity index is 0. The van der Waals surface area contributed by atoms with Gasteiger partial charge in [-0.3, -0.25) is 0 Å². The summed E-state index contributed by atoms with van der Waals surface area (Å²) >= 11 is 0. The molecule has 0 aromatic rings. The molecule has 0 nitrogen and oxygen atoms in total. The van der Waals surface area contributed by atoms with Crippen LogP contribution in [0.2, 0.25) is 18.1 Å². The van der Waals surface area contributed by atoms with Gasteiger partial charge in [0.05, 0.1) is 0 Å². The standard InChI is InChI=1S/C6H15Si.Zn/c1-4-7(5-2)6-3;/h4-6H2,1-3H3;. The normalized spacial score (nSPS) is 9.00. The van der Waals surface area contributed by atoms with Crippen molar-refractivity contribution in [1.82, 2.24) is 0 Å². The molecule has 0 rings (SSSR count). The molecule has 0 amide bonds. The molecule has 0 heterocycles. The van der Waals surface area contributed by atoms with Gasteiger partial charge >= 0.3 is 0 Å². The molecule has 0 atom stereocenters. The van der Waals surface area contributed by atoms with Crippen LogP contribution in [0.1, 0.15) is 20.8 Å². The Bertz CT molecular complexity index is 30.0. The van der Waals surface area contributed by atoms with Crippen molar-refractivity contribution in [2.24, 2.45) is 0 Å². The molecule has 0 aliphatic rings. The van der Waals surface area contributed by atoms with Crippen molar-refractivity contribution < 1.29 is 19.5 Å². The second-order valence-corrected chi connectivity index (χ2v) is 5.43. The molecule has 0 unspecified atom stereocenters. The zero-order valence-electron chi connectivity index (χ0n) is 6.33. The maximum Gasteiger partial charge on any atom is 0.0470 e. The fraction of sp³-hybridized carbons (Fsp3) is 1.00. The smallest absolute Gasteiger partial charge is 0.0470 e. The van der Waals surface area contributed by atoms with Crippen molar-refractivity contribution in [3.8, 4) is 0 Å². The number of hydrogen-bond donors (Lipinski definition) is 0. The molecule has 45 valence electrons. The summed E-state index contributed by atoms with van der Waals surface area (Å²) in [6.07, 6.45) is 0. The Hall–Kier alpha value is 0.840. The van der Waals surface area contributed by atoms with Crippen molar-refractivity contribution in [1.29, 1.82) is 0 Å². The monoisotopic (exact) mass is 179 g/mol. The predicted octanol–water partition coefficient (Wildman–Crippen LogP) is 2.54. The summed E-state index contributed by atoms with van der Waals surface area (Å²) in [5.41, 5.74) is 0. The second-order valence-electron chi connectivity index (χ2n) is 1.81. The van der Waals surface area contributed by atoms with Gasteiger partial charge in [0.1, 0.15) is 0 Å². The summed E-state index contributed by atoms with van der Waals surface area (Å²) < 4.78 is 0. The summed E-state index contributed by atoms with van der Waals surface area (Å²) in [6.45, 7) is 6.92. The van der Waals surface area contributed by atoms with Gasteiger partial charge in [0.2, 0.25) is 0 Å². The molecule has 0 aliphatic carbocycles. The van der Waals surface area contributed by atoms with Gasteiger partial charge in [-0.2, -0.15) is 0 Å². The molecule has 2 heteroatoms. The Labute approximate surface area is 67.4 Å². The Kier molecular flexibility index (Phi) is 11.4. The summed E-state index contributed by atoms with van der Waals surface area (Å²) in [5, 5.41) is 0. The summed E-state index contributed by atoms with van der Waals surface area (Å²) in [6, 6.07) is 4.37. The van der Waals surface area contributed by atoms with Gasteiger partial charge in [-0.1, -0.05) is 38.9 Å². The average molecular weight is 181 g/mol. The maximum absolute atomic E-state index is 2.31. The molecule has 0 saturated carbocycles. The van der Waals surface area contributed by atoms with E-state index >= 15 is 0 Å². The van der Waals surface area contributed by atoms with E-state index in [9.17, 15) is 0 Å². The minimum Gasteiger partial charge on any atom is -0.0680 e. The molecule has 1 radical (unpaired) electrons. The first-order valence-corrected chi connectivity index (χ1v) is 5.30. The van der Waals surface area contributed by atoms with Crippen LogP contribution in [-0.2, 0) is 19.5 Å². The van der Waals surface area contributed by atoms with Gasteiger partial charge in [0.25, 0.3) is 0 Å². The zero-order chi connectivity index (χ0) is 5.70. The maximum atomic E-state index is 2.31. The molecule has 0 aromatic carbocycles. The van der Waals surface area contributed by atoms with Crippen molar-refractivity contribution in [2.45, 2.75) is 38.9 Å². The summed E-state index contributed by atoms with van der Waals surface area (Å²) in [5.74, 6) is 0. The third kappa shape index (κ3) is 4.99. The molecule has 0 aliphatic heterocycles. The van der Waals surface area contributed by atoms with Crippen LogP contribution in [0.4, 0.5) is 0 Å². The average Bonchev–Trinajstić information content (AvgIpc) is 1.72. The SMILES string of the molecule is CC[Si](CC)CC.[Zn]. The van der Waals surface area contributed by atoms with E-state index in [0.717, 1.165) is 0 Å². The minimum absolute atomic E-state index is 0. The molecule has 0 spiro atoms. The van der Waals surface area contributed by atoms with Crippen molar-refractivity contribution in [2.75, 3.05) is 0 Å². The third-order valence-electron chi connectivity index (χ3n) is 1.50. The first kappa shape index (κ1) is 11.6. The summed E-state index contributed by atoms with van der Waals surface area (Å²) in [4.78, 5) is 0. The fourth-order valence-corrected chi connectivity index (χ4v) is 2.25. The molecular formula is C6H15SiZn. The third-order valence-corrected chi connectivity index (χ3v) is 4.50. The van der Waals surface area contributed by atoms with Crippen LogP contribution in [0, 0.1) is 0 Å². The zero-order valence-corrected chi connectivity index (χ0v) is 10.3. The van der Waals surface area contributed by atoms with Crippen LogP contribution < -0.4 is 0 Å². The Morgan fingerprint density at radius 2 is 1.12 bits per heavy atom. The van der Waals surface area contributed by atoms with E-state index in [4.69, 9.17) is 0 Å². The molecule has 0 N–H and O–H groups in total. The molecular weight excluding hydrogens is 166 g/mol. The van der Waals surface area contributed by atoms with E-state index in [-0.39, 0.29) is 28.3 Å². The number of hydrogen-bond acceptors (Lipinski definition) is 0. The number of rotatable bonds is 3. The molecule has 8 heavy (non-hydrogen) atoms. The van der Waals surface area contributed by atoms with Crippen molar-refractivity contribution in [3.63, 3.8) is 0 Å². The van der Waals surface area contributed by atoms with Crippen LogP contribution in [0.25, 0.3) is 0 Å². The topological polar surface area (TPSA) is 0 Å². The molecule has 0 fully saturated rings. The van der Waals surface area contributed by atoms with Crippen LogP contribution in [0.15, 0.2) is 0 Å². The molecule has 0 saturated heterocycles. The van der Waals surface area contributed by atoms with Crippen molar-refractivity contribution >= 4 is 8.80 Å². The van der Waals surface area contributed by atoms with Gasteiger partial charge in [-0.15, -0.1) is 0 Å².